The standard InChI is InChI=1S/C19H18ClN3OS/c20-18-7-6-17(25-18)14-22-9-11-23(12-10-22)19(24)8-5-15-1-3-16(13-21)4-2-15/h1-8H,9-12,14H2/p+1/b8-5+. The maximum atomic E-state index is 12.3. The van der Waals surface area contributed by atoms with Gasteiger partial charge in [0.1, 0.15) is 6.54 Å². The number of carbonyl (C=O) groups is 1. The zero-order chi connectivity index (χ0) is 17.6. The number of quaternary nitrogens is 1. The van der Waals surface area contributed by atoms with Gasteiger partial charge in [-0.05, 0) is 35.9 Å². The van der Waals surface area contributed by atoms with Gasteiger partial charge in [0.05, 0.1) is 47.0 Å². The molecular weight excluding hydrogens is 354 g/mol. The summed E-state index contributed by atoms with van der Waals surface area (Å²) in [7, 11) is 0. The zero-order valence-electron chi connectivity index (χ0n) is 13.7. The molecule has 0 bridgehead atoms. The van der Waals surface area contributed by atoms with E-state index in [-0.39, 0.29) is 5.91 Å². The number of nitrogens with one attached hydrogen (secondary N) is 1. The van der Waals surface area contributed by atoms with E-state index in [1.165, 1.54) is 9.78 Å². The second-order valence-electron chi connectivity index (χ2n) is 6.03. The molecule has 0 aliphatic carbocycles. The van der Waals surface area contributed by atoms with Gasteiger partial charge in [0.2, 0.25) is 5.91 Å². The number of rotatable bonds is 4. The number of benzene rings is 1. The van der Waals surface area contributed by atoms with Crippen molar-refractivity contribution in [3.63, 3.8) is 0 Å². The molecule has 0 spiro atoms. The van der Waals surface area contributed by atoms with Crippen LogP contribution in [0.25, 0.3) is 6.08 Å². The van der Waals surface area contributed by atoms with Crippen molar-refractivity contribution >= 4 is 34.9 Å². The number of nitrogens with zero attached hydrogens (tertiary/aromatic N) is 2. The molecule has 0 atom stereocenters. The highest BCUT2D eigenvalue weighted by Gasteiger charge is 2.22. The molecule has 25 heavy (non-hydrogen) atoms. The van der Waals surface area contributed by atoms with Gasteiger partial charge in [-0.3, -0.25) is 4.79 Å². The van der Waals surface area contributed by atoms with Gasteiger partial charge in [0, 0.05) is 6.08 Å². The summed E-state index contributed by atoms with van der Waals surface area (Å²) < 4.78 is 0.830. The van der Waals surface area contributed by atoms with E-state index in [1.54, 1.807) is 35.6 Å². The number of carbonyl (C=O) groups excluding carboxylic acids is 1. The van der Waals surface area contributed by atoms with Crippen molar-refractivity contribution in [2.75, 3.05) is 26.2 Å². The van der Waals surface area contributed by atoms with E-state index in [2.05, 4.69) is 12.1 Å². The Hall–Kier alpha value is -2.13. The summed E-state index contributed by atoms with van der Waals surface area (Å²) >= 11 is 7.61. The molecule has 128 valence electrons. The highest BCUT2D eigenvalue weighted by Crippen LogP contribution is 2.20. The molecule has 0 saturated carbocycles. The Bertz CT molecular complexity index is 799. The first-order valence-corrected chi connectivity index (χ1v) is 9.38. The Morgan fingerprint density at radius 3 is 2.56 bits per heavy atom. The first-order chi connectivity index (χ1) is 12.1. The fourth-order valence-corrected chi connectivity index (χ4v) is 4.01. The van der Waals surface area contributed by atoms with E-state index in [1.807, 2.05) is 23.1 Å². The minimum Gasteiger partial charge on any atom is -0.328 e. The molecule has 2 heterocycles. The first kappa shape index (κ1) is 17.7. The van der Waals surface area contributed by atoms with Gasteiger partial charge in [-0.1, -0.05) is 23.7 Å². The van der Waals surface area contributed by atoms with Crippen LogP contribution in [0.5, 0.6) is 0 Å². The third-order valence-corrected chi connectivity index (χ3v) is 5.52. The third kappa shape index (κ3) is 4.93. The Morgan fingerprint density at radius 1 is 1.24 bits per heavy atom. The summed E-state index contributed by atoms with van der Waals surface area (Å²) in [5.74, 6) is 0.0441. The van der Waals surface area contributed by atoms with Crippen molar-refractivity contribution < 1.29 is 9.69 Å². The topological polar surface area (TPSA) is 48.5 Å². The van der Waals surface area contributed by atoms with Crippen LogP contribution in [0.4, 0.5) is 0 Å². The smallest absolute Gasteiger partial charge is 0.246 e. The highest BCUT2D eigenvalue weighted by atomic mass is 35.5. The van der Waals surface area contributed by atoms with Crippen molar-refractivity contribution in [2.24, 2.45) is 0 Å². The van der Waals surface area contributed by atoms with Gasteiger partial charge in [-0.2, -0.15) is 5.26 Å². The van der Waals surface area contributed by atoms with Crippen LogP contribution in [0, 0.1) is 11.3 Å². The molecule has 0 radical (unpaired) electrons. The quantitative estimate of drug-likeness (QED) is 0.836. The average Bonchev–Trinajstić information content (AvgIpc) is 3.05. The maximum absolute atomic E-state index is 12.3. The minimum absolute atomic E-state index is 0.0441. The lowest BCUT2D eigenvalue weighted by Crippen LogP contribution is -3.13. The van der Waals surface area contributed by atoms with E-state index in [9.17, 15) is 4.79 Å². The molecular formula is C19H19ClN3OS+. The van der Waals surface area contributed by atoms with Gasteiger partial charge in [0.15, 0.2) is 0 Å². The largest absolute Gasteiger partial charge is 0.328 e. The molecule has 6 heteroatoms. The van der Waals surface area contributed by atoms with E-state index < -0.39 is 0 Å². The number of hydrogen-bond donors (Lipinski definition) is 1. The number of thiophene rings is 1. The summed E-state index contributed by atoms with van der Waals surface area (Å²) in [6, 6.07) is 13.3. The molecule has 1 fully saturated rings. The predicted octanol–water partition coefficient (Wildman–Crippen LogP) is 2.21. The van der Waals surface area contributed by atoms with Gasteiger partial charge in [-0.25, -0.2) is 0 Å². The lowest BCUT2D eigenvalue weighted by atomic mass is 10.1. The van der Waals surface area contributed by atoms with Crippen LogP contribution in [-0.4, -0.2) is 37.0 Å². The van der Waals surface area contributed by atoms with Gasteiger partial charge in [-0.15, -0.1) is 11.3 Å². The fraction of sp³-hybridized carbons (Fsp3) is 0.263. The molecule has 1 aliphatic rings. The SMILES string of the molecule is N#Cc1ccc(/C=C/C(=O)N2CC[NH+](Cc3ccc(Cl)s3)CC2)cc1. The van der Waals surface area contributed by atoms with Gasteiger partial charge in [0.25, 0.3) is 0 Å². The van der Waals surface area contributed by atoms with Crippen LogP contribution in [0.2, 0.25) is 4.34 Å². The summed E-state index contributed by atoms with van der Waals surface area (Å²) in [4.78, 5) is 17.0. The van der Waals surface area contributed by atoms with Crippen molar-refractivity contribution in [3.05, 3.63) is 62.8 Å². The minimum atomic E-state index is 0.0441. The predicted molar refractivity (Wildman–Crippen MR) is 101 cm³/mol. The Labute approximate surface area is 156 Å². The summed E-state index contributed by atoms with van der Waals surface area (Å²) in [5, 5.41) is 8.80. The number of amides is 1. The lowest BCUT2D eigenvalue weighted by Gasteiger charge is -2.31. The summed E-state index contributed by atoms with van der Waals surface area (Å²) in [5.41, 5.74) is 1.54. The second kappa shape index (κ2) is 8.30. The maximum Gasteiger partial charge on any atom is 0.246 e. The number of hydrogen-bond acceptors (Lipinski definition) is 3. The third-order valence-electron chi connectivity index (χ3n) is 4.29. The van der Waals surface area contributed by atoms with Crippen LogP contribution < -0.4 is 4.90 Å². The monoisotopic (exact) mass is 372 g/mol. The van der Waals surface area contributed by atoms with Crippen LogP contribution in [0.1, 0.15) is 16.0 Å². The van der Waals surface area contributed by atoms with Crippen LogP contribution >= 0.6 is 22.9 Å². The van der Waals surface area contributed by atoms with E-state index in [4.69, 9.17) is 16.9 Å². The van der Waals surface area contributed by atoms with E-state index in [0.717, 1.165) is 42.6 Å². The number of piperazine rings is 1. The van der Waals surface area contributed by atoms with Crippen LogP contribution in [-0.2, 0) is 11.3 Å². The molecule has 1 N–H and O–H groups in total. The highest BCUT2D eigenvalue weighted by molar-refractivity contribution is 7.16. The van der Waals surface area contributed by atoms with E-state index in [0.29, 0.717) is 5.56 Å². The normalized spacial score (nSPS) is 15.4. The van der Waals surface area contributed by atoms with Crippen molar-refractivity contribution in [2.45, 2.75) is 6.54 Å². The van der Waals surface area contributed by atoms with Crippen molar-refractivity contribution in [1.29, 1.82) is 5.26 Å². The molecule has 1 aliphatic heterocycles. The summed E-state index contributed by atoms with van der Waals surface area (Å²) in [6.45, 7) is 4.41. The van der Waals surface area contributed by atoms with E-state index >= 15 is 0 Å². The summed E-state index contributed by atoms with van der Waals surface area (Å²) in [6.07, 6.45) is 3.42. The van der Waals surface area contributed by atoms with Crippen molar-refractivity contribution in [1.82, 2.24) is 4.90 Å². The Balaban J connectivity index is 1.49. The lowest BCUT2D eigenvalue weighted by molar-refractivity contribution is -0.917. The van der Waals surface area contributed by atoms with Crippen LogP contribution in [0.3, 0.4) is 0 Å². The molecule has 3 rings (SSSR count). The van der Waals surface area contributed by atoms with Gasteiger partial charge < -0.3 is 9.80 Å². The zero-order valence-corrected chi connectivity index (χ0v) is 15.3. The first-order valence-electron chi connectivity index (χ1n) is 8.19. The second-order valence-corrected chi connectivity index (χ2v) is 7.82. The van der Waals surface area contributed by atoms with Crippen LogP contribution in [0.15, 0.2) is 42.5 Å². The molecule has 1 aromatic heterocycles. The average molecular weight is 373 g/mol. The molecule has 0 unspecified atom stereocenters. The molecule has 1 aromatic carbocycles. The molecule has 4 nitrogen and oxygen atoms in total. The van der Waals surface area contributed by atoms with Gasteiger partial charge >= 0.3 is 0 Å². The Morgan fingerprint density at radius 2 is 1.96 bits per heavy atom. The Kier molecular flexibility index (Phi) is 5.87. The fourth-order valence-electron chi connectivity index (χ4n) is 2.85. The molecule has 1 saturated heterocycles. The number of nitriles is 1. The molecule has 2 aromatic rings. The number of halogens is 1. The molecule has 1 amide bonds. The van der Waals surface area contributed by atoms with Crippen molar-refractivity contribution in [3.8, 4) is 6.07 Å².